The maximum atomic E-state index is 2.29. The van der Waals surface area contributed by atoms with E-state index in [9.17, 15) is 0 Å². The highest BCUT2D eigenvalue weighted by atomic mass is 127. The van der Waals surface area contributed by atoms with Gasteiger partial charge in [-0.2, -0.15) is 21.9 Å². The van der Waals surface area contributed by atoms with Gasteiger partial charge in [-0.15, -0.1) is 0 Å². The Morgan fingerprint density at radius 2 is 0.643 bits per heavy atom. The molecular formula is C40H38BI. The number of hydrogen-bond donors (Lipinski definition) is 0. The van der Waals surface area contributed by atoms with Crippen molar-refractivity contribution in [2.45, 2.75) is 26.2 Å². The lowest BCUT2D eigenvalue weighted by Crippen LogP contribution is -3.61. The number of rotatable bonds is 6. The van der Waals surface area contributed by atoms with Gasteiger partial charge in [-0.05, 0) is 35.2 Å². The van der Waals surface area contributed by atoms with Crippen LogP contribution < -0.4 is 43.1 Å². The van der Waals surface area contributed by atoms with Crippen molar-refractivity contribution in [2.75, 3.05) is 0 Å². The minimum absolute atomic E-state index is 0.0208. The molecule has 0 aliphatic heterocycles. The Kier molecular flexibility index (Phi) is 9.76. The van der Waals surface area contributed by atoms with Crippen LogP contribution in [0.2, 0.25) is 0 Å². The Bertz CT molecular complexity index is 1460. The SMILES string of the molecule is CC(C)(C)c1ccc([I+]c2ccccc2)cc1.c1ccc([B-](c2ccccc2)(c2ccccc2)c2ccccc2)cc1. The summed E-state index contributed by atoms with van der Waals surface area (Å²) in [6.07, 6.45) is -1.22. The minimum Gasteiger partial charge on any atom is -0.195 e. The molecule has 0 nitrogen and oxygen atoms in total. The quantitative estimate of drug-likeness (QED) is 0.187. The minimum atomic E-state index is -1.22. The largest absolute Gasteiger partial charge is 0.357 e. The van der Waals surface area contributed by atoms with E-state index in [1.807, 2.05) is 0 Å². The van der Waals surface area contributed by atoms with Crippen molar-refractivity contribution in [3.63, 3.8) is 0 Å². The Labute approximate surface area is 262 Å². The normalized spacial score (nSPS) is 11.3. The molecule has 2 heteroatoms. The van der Waals surface area contributed by atoms with E-state index in [0.717, 1.165) is 0 Å². The van der Waals surface area contributed by atoms with Crippen molar-refractivity contribution in [3.05, 3.63) is 189 Å². The zero-order valence-corrected chi connectivity index (χ0v) is 26.9. The summed E-state index contributed by atoms with van der Waals surface area (Å²) in [5.74, 6) is 0. The van der Waals surface area contributed by atoms with Crippen LogP contribution in [0.15, 0.2) is 176 Å². The highest BCUT2D eigenvalue weighted by Gasteiger charge is 2.31. The van der Waals surface area contributed by atoms with Crippen LogP contribution in [0.4, 0.5) is 0 Å². The predicted molar refractivity (Wildman–Crippen MR) is 179 cm³/mol. The molecule has 0 bridgehead atoms. The van der Waals surface area contributed by atoms with Gasteiger partial charge >= 0.3 is 21.2 Å². The standard InChI is InChI=1S/C24H20B.C16H18I/c1-5-13-21(14-6-1)25(22-15-7-2-8-16-22,23-17-9-3-10-18-23)24-19-11-4-12-20-24;1-16(2,3)13-9-11-15(12-10-13)17-14-7-5-4-6-8-14/h1-20H;4-12H,1-3H3/q-1;+1. The highest BCUT2D eigenvalue weighted by molar-refractivity contribution is 7.19. The van der Waals surface area contributed by atoms with Crippen LogP contribution in [0, 0.1) is 7.14 Å². The second-order valence-corrected chi connectivity index (χ2v) is 14.7. The van der Waals surface area contributed by atoms with Gasteiger partial charge in [-0.3, -0.25) is 0 Å². The van der Waals surface area contributed by atoms with E-state index in [1.54, 1.807) is 0 Å². The maximum Gasteiger partial charge on any atom is 0.357 e. The molecule has 0 aromatic heterocycles. The molecule has 0 unspecified atom stereocenters. The molecule has 0 amide bonds. The lowest BCUT2D eigenvalue weighted by Gasteiger charge is -2.44. The van der Waals surface area contributed by atoms with E-state index in [2.05, 4.69) is 197 Å². The molecule has 0 aliphatic carbocycles. The Morgan fingerprint density at radius 1 is 0.357 bits per heavy atom. The van der Waals surface area contributed by atoms with Gasteiger partial charge in [0.15, 0.2) is 7.14 Å². The van der Waals surface area contributed by atoms with Crippen LogP contribution in [0.25, 0.3) is 0 Å². The smallest absolute Gasteiger partial charge is 0.195 e. The molecule has 0 fully saturated rings. The first-order chi connectivity index (χ1) is 20.5. The Morgan fingerprint density at radius 3 is 0.952 bits per heavy atom. The van der Waals surface area contributed by atoms with Gasteiger partial charge in [0.05, 0.1) is 0 Å². The average molecular weight is 656 g/mol. The molecule has 0 aliphatic rings. The van der Waals surface area contributed by atoms with Crippen LogP contribution in [0.5, 0.6) is 0 Å². The molecule has 6 aromatic rings. The van der Waals surface area contributed by atoms with Crippen LogP contribution in [0.3, 0.4) is 0 Å². The monoisotopic (exact) mass is 656 g/mol. The first kappa shape index (κ1) is 29.6. The fraction of sp³-hybridized carbons (Fsp3) is 0.100. The summed E-state index contributed by atoms with van der Waals surface area (Å²) >= 11 is -0.0208. The van der Waals surface area contributed by atoms with Crippen molar-refractivity contribution in [1.82, 2.24) is 0 Å². The molecule has 6 aromatic carbocycles. The lowest BCUT2D eigenvalue weighted by molar-refractivity contribution is -0.597. The Balaban J connectivity index is 0.000000181. The third kappa shape index (κ3) is 6.94. The van der Waals surface area contributed by atoms with Crippen LogP contribution in [-0.2, 0) is 5.41 Å². The van der Waals surface area contributed by atoms with Crippen molar-refractivity contribution in [3.8, 4) is 0 Å². The summed E-state index contributed by atoms with van der Waals surface area (Å²) in [7, 11) is 0. The average Bonchev–Trinajstić information content (AvgIpc) is 3.04. The maximum absolute atomic E-state index is 2.29. The molecule has 0 heterocycles. The fourth-order valence-electron chi connectivity index (χ4n) is 5.74. The van der Waals surface area contributed by atoms with Gasteiger partial charge in [0.1, 0.15) is 6.15 Å². The van der Waals surface area contributed by atoms with Crippen molar-refractivity contribution >= 4 is 28.0 Å². The summed E-state index contributed by atoms with van der Waals surface area (Å²) in [6.45, 7) is 6.77. The predicted octanol–water partition coefficient (Wildman–Crippen LogP) is 4.18. The molecule has 0 radical (unpaired) electrons. The van der Waals surface area contributed by atoms with Gasteiger partial charge in [0, 0.05) is 0 Å². The molecule has 208 valence electrons. The molecule has 0 spiro atoms. The summed E-state index contributed by atoms with van der Waals surface area (Å²) in [6, 6.07) is 63.4. The summed E-state index contributed by atoms with van der Waals surface area (Å²) in [4.78, 5) is 0. The van der Waals surface area contributed by atoms with E-state index >= 15 is 0 Å². The third-order valence-corrected chi connectivity index (χ3v) is 10.5. The number of halogens is 1. The van der Waals surface area contributed by atoms with Gasteiger partial charge in [-0.25, -0.2) is 0 Å². The summed E-state index contributed by atoms with van der Waals surface area (Å²) in [5, 5.41) is 0. The van der Waals surface area contributed by atoms with E-state index in [1.165, 1.54) is 34.6 Å². The second kappa shape index (κ2) is 13.9. The van der Waals surface area contributed by atoms with Gasteiger partial charge < -0.3 is 0 Å². The zero-order chi connectivity index (χ0) is 29.3. The third-order valence-electron chi connectivity index (χ3n) is 7.86. The van der Waals surface area contributed by atoms with E-state index < -0.39 is 6.15 Å². The summed E-state index contributed by atoms with van der Waals surface area (Å²) < 4.78 is 2.97. The van der Waals surface area contributed by atoms with Crippen molar-refractivity contribution in [2.24, 2.45) is 0 Å². The van der Waals surface area contributed by atoms with E-state index in [0.29, 0.717) is 0 Å². The van der Waals surface area contributed by atoms with Gasteiger partial charge in [0.2, 0.25) is 0 Å². The van der Waals surface area contributed by atoms with Crippen LogP contribution in [0.1, 0.15) is 26.3 Å². The van der Waals surface area contributed by atoms with Crippen molar-refractivity contribution in [1.29, 1.82) is 0 Å². The van der Waals surface area contributed by atoms with Gasteiger partial charge in [0.25, 0.3) is 0 Å². The molecular weight excluding hydrogens is 618 g/mol. The van der Waals surface area contributed by atoms with Gasteiger partial charge in [-0.1, -0.05) is 172 Å². The molecule has 0 saturated carbocycles. The fourth-order valence-corrected chi connectivity index (χ4v) is 7.95. The molecule has 0 saturated heterocycles. The van der Waals surface area contributed by atoms with Crippen LogP contribution >= 0.6 is 0 Å². The first-order valence-corrected chi connectivity index (χ1v) is 16.8. The van der Waals surface area contributed by atoms with E-state index in [-0.39, 0.29) is 26.6 Å². The number of hydrogen-bond acceptors (Lipinski definition) is 0. The molecule has 0 atom stereocenters. The zero-order valence-electron chi connectivity index (χ0n) is 24.7. The Hall–Kier alpha value is -3.89. The first-order valence-electron chi connectivity index (χ1n) is 14.7. The number of benzene rings is 6. The topological polar surface area (TPSA) is 0 Å². The van der Waals surface area contributed by atoms with Crippen LogP contribution in [-0.4, -0.2) is 6.15 Å². The van der Waals surface area contributed by atoms with Crippen molar-refractivity contribution < 1.29 is 21.2 Å². The van der Waals surface area contributed by atoms with E-state index in [4.69, 9.17) is 0 Å². The molecule has 6 rings (SSSR count). The molecule has 0 N–H and O–H groups in total. The molecule has 42 heavy (non-hydrogen) atoms. The highest BCUT2D eigenvalue weighted by Crippen LogP contribution is 2.20. The lowest BCUT2D eigenvalue weighted by atomic mass is 9.13. The summed E-state index contributed by atoms with van der Waals surface area (Å²) in [5.41, 5.74) is 7.02. The second-order valence-electron chi connectivity index (χ2n) is 11.7.